The maximum absolute atomic E-state index is 12.8. The van der Waals surface area contributed by atoms with Crippen LogP contribution in [-0.4, -0.2) is 34.8 Å². The lowest BCUT2D eigenvalue weighted by Gasteiger charge is -2.10. The van der Waals surface area contributed by atoms with Gasteiger partial charge in [0.15, 0.2) is 0 Å². The summed E-state index contributed by atoms with van der Waals surface area (Å²) in [5.74, 6) is -1.87. The van der Waals surface area contributed by atoms with E-state index in [1.54, 1.807) is 36.4 Å². The lowest BCUT2D eigenvalue weighted by Crippen LogP contribution is -2.23. The number of carbonyl (C=O) groups excluding carboxylic acids is 1. The Bertz CT molecular complexity index is 1500. The molecule has 0 bridgehead atoms. The molecule has 1 atom stereocenters. The standard InChI is InChI=1S/C22H13F3N2O7S2/c23-22(24,25)36(32,33)18-9-10-20(19(11-18)27(29)30)35(31)13-21(28)34-17-7-5-16(6-8-17)15-3-1-14(12-26)2-4-15/h1-11H,13H2. The molecule has 0 amide bonds. The SMILES string of the molecule is N#Cc1ccc(-c2ccc(OC(=O)CS(=O)c3ccc(S(=O)(=O)C(F)(F)F)cc3[N+](=O)[O-])cc2)cc1. The number of nitrogens with zero attached hydrogens (tertiary/aromatic N) is 2. The van der Waals surface area contributed by atoms with E-state index in [9.17, 15) is 40.7 Å². The lowest BCUT2D eigenvalue weighted by atomic mass is 10.0. The molecule has 3 aromatic rings. The normalized spacial score (nSPS) is 12.4. The van der Waals surface area contributed by atoms with Crippen LogP contribution in [0.1, 0.15) is 5.56 Å². The molecule has 0 saturated heterocycles. The second kappa shape index (κ2) is 10.3. The smallest absolute Gasteiger partial charge is 0.426 e. The average Bonchev–Trinajstić information content (AvgIpc) is 2.83. The van der Waals surface area contributed by atoms with Crippen molar-refractivity contribution in [3.63, 3.8) is 0 Å². The second-order valence-corrected chi connectivity index (χ2v) is 10.4. The Balaban J connectivity index is 1.74. The van der Waals surface area contributed by atoms with Crippen molar-refractivity contribution >= 4 is 32.3 Å². The second-order valence-electron chi connectivity index (χ2n) is 7.01. The van der Waals surface area contributed by atoms with Crippen LogP contribution in [0.2, 0.25) is 0 Å². The van der Waals surface area contributed by atoms with Gasteiger partial charge in [0.25, 0.3) is 15.5 Å². The average molecular weight is 538 g/mol. The van der Waals surface area contributed by atoms with Gasteiger partial charge in [-0.3, -0.25) is 19.1 Å². The van der Waals surface area contributed by atoms with Crippen LogP contribution in [0, 0.1) is 21.4 Å². The van der Waals surface area contributed by atoms with E-state index in [1.165, 1.54) is 12.1 Å². The summed E-state index contributed by atoms with van der Waals surface area (Å²) in [7, 11) is -8.31. The Kier molecular flexibility index (Phi) is 7.56. The molecule has 14 heteroatoms. The van der Waals surface area contributed by atoms with Gasteiger partial charge in [-0.05, 0) is 47.5 Å². The number of sulfone groups is 1. The zero-order chi connectivity index (χ0) is 26.7. The minimum atomic E-state index is -5.88. The molecule has 3 rings (SSSR count). The zero-order valence-electron chi connectivity index (χ0n) is 17.8. The summed E-state index contributed by atoms with van der Waals surface area (Å²) in [6, 6.07) is 16.0. The first kappa shape index (κ1) is 26.5. The summed E-state index contributed by atoms with van der Waals surface area (Å²) in [5.41, 5.74) is -4.84. The van der Waals surface area contributed by atoms with Crippen LogP contribution in [0.3, 0.4) is 0 Å². The highest BCUT2D eigenvalue weighted by Crippen LogP contribution is 2.34. The Morgan fingerprint density at radius 3 is 2.08 bits per heavy atom. The number of halogens is 3. The van der Waals surface area contributed by atoms with E-state index in [4.69, 9.17) is 10.00 Å². The quantitative estimate of drug-likeness (QED) is 0.189. The number of nitriles is 1. The monoisotopic (exact) mass is 538 g/mol. The zero-order valence-corrected chi connectivity index (χ0v) is 19.4. The van der Waals surface area contributed by atoms with Crippen LogP contribution in [0.15, 0.2) is 76.5 Å². The van der Waals surface area contributed by atoms with E-state index in [1.807, 2.05) is 6.07 Å². The highest BCUT2D eigenvalue weighted by molar-refractivity contribution is 7.92. The number of nitro benzene ring substituents is 1. The van der Waals surface area contributed by atoms with Gasteiger partial charge in [0.2, 0.25) is 0 Å². The van der Waals surface area contributed by atoms with Crippen molar-refractivity contribution in [2.45, 2.75) is 15.3 Å². The number of rotatable bonds is 7. The minimum absolute atomic E-state index is 0.0653. The lowest BCUT2D eigenvalue weighted by molar-refractivity contribution is -0.388. The molecule has 0 saturated carbocycles. The van der Waals surface area contributed by atoms with Crippen molar-refractivity contribution in [1.29, 1.82) is 5.26 Å². The first-order valence-electron chi connectivity index (χ1n) is 9.63. The molecule has 0 aliphatic carbocycles. The first-order valence-corrected chi connectivity index (χ1v) is 12.4. The molecule has 36 heavy (non-hydrogen) atoms. The molecule has 0 heterocycles. The number of hydrogen-bond acceptors (Lipinski definition) is 8. The molecule has 3 aromatic carbocycles. The Hall–Kier alpha value is -4.09. The van der Waals surface area contributed by atoms with Crippen LogP contribution < -0.4 is 4.74 Å². The Morgan fingerprint density at radius 2 is 1.58 bits per heavy atom. The van der Waals surface area contributed by atoms with Gasteiger partial charge < -0.3 is 4.74 Å². The molecule has 0 aromatic heterocycles. The first-order chi connectivity index (χ1) is 16.8. The third kappa shape index (κ3) is 5.75. The number of alkyl halides is 3. The van der Waals surface area contributed by atoms with Gasteiger partial charge in [-0.15, -0.1) is 0 Å². The molecular formula is C22H13F3N2O7S2. The van der Waals surface area contributed by atoms with Gasteiger partial charge in [0.05, 0.1) is 32.3 Å². The van der Waals surface area contributed by atoms with Crippen molar-refractivity contribution in [2.75, 3.05) is 5.75 Å². The summed E-state index contributed by atoms with van der Waals surface area (Å²) < 4.78 is 78.9. The van der Waals surface area contributed by atoms with Gasteiger partial charge in [-0.1, -0.05) is 24.3 Å². The van der Waals surface area contributed by atoms with E-state index < -0.39 is 58.3 Å². The predicted molar refractivity (Wildman–Crippen MR) is 120 cm³/mol. The fourth-order valence-corrected chi connectivity index (χ4v) is 4.73. The molecule has 1 unspecified atom stereocenters. The van der Waals surface area contributed by atoms with Gasteiger partial charge in [-0.25, -0.2) is 8.42 Å². The maximum atomic E-state index is 12.8. The number of ether oxygens (including phenoxy) is 1. The molecule has 0 N–H and O–H groups in total. The molecule has 0 aliphatic rings. The number of nitro groups is 1. The summed E-state index contributed by atoms with van der Waals surface area (Å²) in [4.78, 5) is 20.2. The molecule has 0 fully saturated rings. The molecule has 186 valence electrons. The van der Waals surface area contributed by atoms with E-state index in [0.29, 0.717) is 17.7 Å². The van der Waals surface area contributed by atoms with E-state index >= 15 is 0 Å². The summed E-state index contributed by atoms with van der Waals surface area (Å²) in [6.45, 7) is 0. The fraction of sp³-hybridized carbons (Fsp3) is 0.0909. The van der Waals surface area contributed by atoms with Gasteiger partial charge in [0, 0.05) is 6.07 Å². The van der Waals surface area contributed by atoms with Gasteiger partial charge in [0.1, 0.15) is 16.4 Å². The number of carbonyl (C=O) groups is 1. The summed E-state index contributed by atoms with van der Waals surface area (Å²) >= 11 is 0. The van der Waals surface area contributed by atoms with Crippen LogP contribution in [0.25, 0.3) is 11.1 Å². The van der Waals surface area contributed by atoms with Gasteiger partial charge in [-0.2, -0.15) is 18.4 Å². The van der Waals surface area contributed by atoms with Crippen LogP contribution >= 0.6 is 0 Å². The molecule has 0 spiro atoms. The third-order valence-corrected chi connectivity index (χ3v) is 7.49. The molecule has 0 aliphatic heterocycles. The van der Waals surface area contributed by atoms with Crippen molar-refractivity contribution in [3.8, 4) is 22.9 Å². The topological polar surface area (TPSA) is 144 Å². The largest absolute Gasteiger partial charge is 0.501 e. The fourth-order valence-electron chi connectivity index (χ4n) is 2.93. The predicted octanol–water partition coefficient (Wildman–Crippen LogP) is 4.14. The van der Waals surface area contributed by atoms with Crippen LogP contribution in [0.5, 0.6) is 5.75 Å². The Morgan fingerprint density at radius 1 is 1.03 bits per heavy atom. The summed E-state index contributed by atoms with van der Waals surface area (Å²) in [6.07, 6.45) is 0. The van der Waals surface area contributed by atoms with Crippen molar-refractivity contribution in [1.82, 2.24) is 0 Å². The van der Waals surface area contributed by atoms with E-state index in [2.05, 4.69) is 0 Å². The van der Waals surface area contributed by atoms with Crippen molar-refractivity contribution in [3.05, 3.63) is 82.4 Å². The number of benzene rings is 3. The molecule has 0 radical (unpaired) electrons. The van der Waals surface area contributed by atoms with Gasteiger partial charge >= 0.3 is 11.5 Å². The highest BCUT2D eigenvalue weighted by atomic mass is 32.2. The van der Waals surface area contributed by atoms with E-state index in [0.717, 1.165) is 11.1 Å². The van der Waals surface area contributed by atoms with Crippen molar-refractivity contribution < 1.29 is 40.3 Å². The van der Waals surface area contributed by atoms with Crippen LogP contribution in [-0.2, 0) is 25.4 Å². The third-order valence-electron chi connectivity index (χ3n) is 4.67. The molecule has 9 nitrogen and oxygen atoms in total. The minimum Gasteiger partial charge on any atom is -0.426 e. The van der Waals surface area contributed by atoms with E-state index in [-0.39, 0.29) is 11.8 Å². The summed E-state index contributed by atoms with van der Waals surface area (Å²) in [5, 5.41) is 20.1. The Labute approximate surface area is 204 Å². The van der Waals surface area contributed by atoms with Crippen molar-refractivity contribution in [2.24, 2.45) is 0 Å². The highest BCUT2D eigenvalue weighted by Gasteiger charge is 2.47. The number of esters is 1. The molecular weight excluding hydrogens is 525 g/mol. The van der Waals surface area contributed by atoms with Crippen LogP contribution in [0.4, 0.5) is 18.9 Å². The maximum Gasteiger partial charge on any atom is 0.501 e. The number of hydrogen-bond donors (Lipinski definition) is 0.